The normalized spacial score (nSPS) is 11.2. The van der Waals surface area contributed by atoms with E-state index < -0.39 is 0 Å². The summed E-state index contributed by atoms with van der Waals surface area (Å²) in [7, 11) is 0. The zero-order valence-corrected chi connectivity index (χ0v) is 11.3. The lowest BCUT2D eigenvalue weighted by Crippen LogP contribution is -1.91. The van der Waals surface area contributed by atoms with Crippen molar-refractivity contribution >= 4 is 6.08 Å². The van der Waals surface area contributed by atoms with Gasteiger partial charge in [-0.3, -0.25) is 0 Å². The molecule has 0 N–H and O–H groups in total. The van der Waals surface area contributed by atoms with Crippen LogP contribution in [-0.4, -0.2) is 0 Å². The second-order valence-electron chi connectivity index (χ2n) is 3.79. The van der Waals surface area contributed by atoms with E-state index in [4.69, 9.17) is 0 Å². The minimum Gasteiger partial charge on any atom is -0.0836 e. The Bertz CT molecular complexity index is 414. The third-order valence-electron chi connectivity index (χ3n) is 2.60. The molecule has 0 saturated heterocycles. The molecule has 0 radical (unpaired) electrons. The van der Waals surface area contributed by atoms with E-state index in [2.05, 4.69) is 36.4 Å². The molecule has 3 rings (SSSR count). The lowest BCUT2D eigenvalue weighted by atomic mass is 9.98. The van der Waals surface area contributed by atoms with Crippen LogP contribution >= 0.6 is 0 Å². The Balaban J connectivity index is 0.000000174. The minimum atomic E-state index is 1.21. The van der Waals surface area contributed by atoms with Crippen LogP contribution in [0, 0.1) is 0 Å². The van der Waals surface area contributed by atoms with E-state index in [1.807, 2.05) is 50.2 Å². The van der Waals surface area contributed by atoms with Crippen LogP contribution in [0.25, 0.3) is 6.08 Å². The monoisotopic (exact) mass is 238 g/mol. The molecule has 0 spiro atoms. The third kappa shape index (κ3) is 5.01. The summed E-state index contributed by atoms with van der Waals surface area (Å²) in [6, 6.07) is 20.6. The van der Waals surface area contributed by atoms with Crippen LogP contribution in [0.2, 0.25) is 0 Å². The lowest BCUT2D eigenvalue weighted by Gasteiger charge is -2.07. The van der Waals surface area contributed by atoms with Crippen molar-refractivity contribution in [3.05, 3.63) is 77.9 Å². The Morgan fingerprint density at radius 2 is 1.28 bits per heavy atom. The van der Waals surface area contributed by atoms with Gasteiger partial charge in [-0.05, 0) is 24.0 Å². The van der Waals surface area contributed by atoms with Gasteiger partial charge in [-0.2, -0.15) is 0 Å². The molecule has 0 fully saturated rings. The number of rotatable bonds is 0. The lowest BCUT2D eigenvalue weighted by molar-refractivity contribution is 0.986. The quantitative estimate of drug-likeness (QED) is 0.579. The molecule has 0 aromatic heterocycles. The molecule has 2 aromatic carbocycles. The van der Waals surface area contributed by atoms with E-state index >= 15 is 0 Å². The fraction of sp³-hybridized carbons (Fsp3) is 0.222. The second kappa shape index (κ2) is 9.23. The van der Waals surface area contributed by atoms with Gasteiger partial charge in [0, 0.05) is 0 Å². The van der Waals surface area contributed by atoms with E-state index in [-0.39, 0.29) is 0 Å². The summed E-state index contributed by atoms with van der Waals surface area (Å²) < 4.78 is 0. The van der Waals surface area contributed by atoms with Crippen LogP contribution in [0.5, 0.6) is 0 Å². The van der Waals surface area contributed by atoms with Gasteiger partial charge in [-0.15, -0.1) is 0 Å². The molecule has 0 amide bonds. The summed E-state index contributed by atoms with van der Waals surface area (Å²) in [6.45, 7) is 4.00. The molecule has 0 heterocycles. The summed E-state index contributed by atoms with van der Waals surface area (Å²) in [5.41, 5.74) is 2.89. The Labute approximate surface area is 111 Å². The van der Waals surface area contributed by atoms with E-state index in [1.54, 1.807) is 0 Å². The van der Waals surface area contributed by atoms with Crippen molar-refractivity contribution in [1.29, 1.82) is 0 Å². The Morgan fingerprint density at radius 3 is 1.83 bits per heavy atom. The van der Waals surface area contributed by atoms with E-state index in [0.29, 0.717) is 0 Å². The maximum absolute atomic E-state index is 2.24. The highest BCUT2D eigenvalue weighted by Gasteiger charge is 2.00. The van der Waals surface area contributed by atoms with Crippen LogP contribution in [0.3, 0.4) is 0 Å². The minimum absolute atomic E-state index is 1.21. The molecule has 0 heteroatoms. The zero-order valence-electron chi connectivity index (χ0n) is 11.3. The molecule has 0 saturated carbocycles. The number of hydrogen-bond acceptors (Lipinski definition) is 0. The van der Waals surface area contributed by atoms with Gasteiger partial charge in [0.1, 0.15) is 0 Å². The Morgan fingerprint density at radius 1 is 0.722 bits per heavy atom. The second-order valence-corrected chi connectivity index (χ2v) is 3.79. The molecule has 1 aliphatic carbocycles. The molecule has 0 bridgehead atoms. The molecule has 2 aromatic rings. The van der Waals surface area contributed by atoms with Crippen molar-refractivity contribution in [2.24, 2.45) is 0 Å². The van der Waals surface area contributed by atoms with Crippen LogP contribution in [-0.2, 0) is 6.42 Å². The average Bonchev–Trinajstić information content (AvgIpc) is 2.52. The van der Waals surface area contributed by atoms with Crippen LogP contribution in [0.1, 0.15) is 31.4 Å². The third-order valence-corrected chi connectivity index (χ3v) is 2.60. The molecule has 0 unspecified atom stereocenters. The van der Waals surface area contributed by atoms with Gasteiger partial charge < -0.3 is 0 Å². The topological polar surface area (TPSA) is 0 Å². The average molecular weight is 238 g/mol. The fourth-order valence-corrected chi connectivity index (χ4v) is 1.76. The first-order chi connectivity index (χ1) is 8.97. The fourth-order valence-electron chi connectivity index (χ4n) is 1.76. The Kier molecular flexibility index (Phi) is 7.31. The highest BCUT2D eigenvalue weighted by Crippen LogP contribution is 2.17. The molecule has 1 aliphatic rings. The first kappa shape index (κ1) is 14.2. The van der Waals surface area contributed by atoms with Crippen molar-refractivity contribution in [2.45, 2.75) is 26.7 Å². The number of benzene rings is 2. The van der Waals surface area contributed by atoms with Crippen molar-refractivity contribution < 1.29 is 0 Å². The number of fused-ring (bicyclic) bond motifs is 1. The standard InChI is InChI=1S/C10H10.C6H6.C2H6/c1-2-6-10-8-4-3-7-9(10)5-1;1-2-4-6-5-3-1;1-2/h1-3,5-7H,4,8H2;1-6H;1-2H3. The van der Waals surface area contributed by atoms with E-state index in [0.717, 1.165) is 0 Å². The zero-order chi connectivity index (χ0) is 13.1. The summed E-state index contributed by atoms with van der Waals surface area (Å²) >= 11 is 0. The number of allylic oxidation sites excluding steroid dienone is 1. The number of aryl methyl sites for hydroxylation is 1. The van der Waals surface area contributed by atoms with Crippen molar-refractivity contribution in [3.8, 4) is 0 Å². The molecule has 18 heavy (non-hydrogen) atoms. The maximum atomic E-state index is 2.24. The van der Waals surface area contributed by atoms with Gasteiger partial charge in [-0.25, -0.2) is 0 Å². The summed E-state index contributed by atoms with van der Waals surface area (Å²) in [6.07, 6.45) is 6.87. The van der Waals surface area contributed by atoms with Gasteiger partial charge in [0.2, 0.25) is 0 Å². The van der Waals surface area contributed by atoms with Gasteiger partial charge in [0.05, 0.1) is 0 Å². The Hall–Kier alpha value is -1.82. The summed E-state index contributed by atoms with van der Waals surface area (Å²) in [4.78, 5) is 0. The first-order valence-corrected chi connectivity index (χ1v) is 6.71. The number of hydrogen-bond donors (Lipinski definition) is 0. The predicted molar refractivity (Wildman–Crippen MR) is 81.6 cm³/mol. The van der Waals surface area contributed by atoms with E-state index in [1.165, 1.54) is 24.0 Å². The van der Waals surface area contributed by atoms with Gasteiger partial charge >= 0.3 is 0 Å². The predicted octanol–water partition coefficient (Wildman–Crippen LogP) is 5.36. The summed E-state index contributed by atoms with van der Waals surface area (Å²) in [5, 5.41) is 0. The van der Waals surface area contributed by atoms with Crippen LogP contribution in [0.15, 0.2) is 66.7 Å². The largest absolute Gasteiger partial charge is 0.0836 e. The highest BCUT2D eigenvalue weighted by molar-refractivity contribution is 5.55. The van der Waals surface area contributed by atoms with Crippen LogP contribution in [0.4, 0.5) is 0 Å². The maximum Gasteiger partial charge on any atom is -0.0228 e. The van der Waals surface area contributed by atoms with Crippen LogP contribution < -0.4 is 0 Å². The van der Waals surface area contributed by atoms with Gasteiger partial charge in [0.25, 0.3) is 0 Å². The molecular formula is C18H22. The molecule has 0 aliphatic heterocycles. The van der Waals surface area contributed by atoms with E-state index in [9.17, 15) is 0 Å². The summed E-state index contributed by atoms with van der Waals surface area (Å²) in [5.74, 6) is 0. The van der Waals surface area contributed by atoms with Crippen molar-refractivity contribution in [3.63, 3.8) is 0 Å². The highest BCUT2D eigenvalue weighted by atomic mass is 14.1. The smallest absolute Gasteiger partial charge is 0.0228 e. The molecule has 0 nitrogen and oxygen atoms in total. The molecule has 94 valence electrons. The van der Waals surface area contributed by atoms with Crippen molar-refractivity contribution in [2.75, 3.05) is 0 Å². The molecule has 0 atom stereocenters. The first-order valence-electron chi connectivity index (χ1n) is 6.71. The van der Waals surface area contributed by atoms with Gasteiger partial charge in [-0.1, -0.05) is 86.7 Å². The molecular weight excluding hydrogens is 216 g/mol. The van der Waals surface area contributed by atoms with Crippen molar-refractivity contribution in [1.82, 2.24) is 0 Å². The van der Waals surface area contributed by atoms with Gasteiger partial charge in [0.15, 0.2) is 0 Å². The SMILES string of the molecule is C1=Cc2ccccc2CC1.CC.c1ccccc1.